The number of carbonyl (C=O) groups is 4. The predicted octanol–water partition coefficient (Wildman–Crippen LogP) is 5.67. The molecule has 3 aromatic rings. The van der Waals surface area contributed by atoms with Crippen LogP contribution in [0.4, 0.5) is 0 Å². The molecule has 3 unspecified atom stereocenters. The van der Waals surface area contributed by atoms with E-state index in [-0.39, 0.29) is 31.4 Å². The van der Waals surface area contributed by atoms with Crippen molar-refractivity contribution in [2.45, 2.75) is 53.2 Å². The molecular weight excluding hydrogens is 572 g/mol. The number of amides is 2. The summed E-state index contributed by atoms with van der Waals surface area (Å²) in [4.78, 5) is 54.7. The number of rotatable bonds is 15. The van der Waals surface area contributed by atoms with Gasteiger partial charge < -0.3 is 24.4 Å². The molecule has 1 aliphatic rings. The summed E-state index contributed by atoms with van der Waals surface area (Å²) in [6.45, 7) is 6.44. The van der Waals surface area contributed by atoms with Crippen LogP contribution in [0.25, 0.3) is 0 Å². The fraction of sp³-hybridized carbons (Fsp3) is 0.389. The minimum absolute atomic E-state index is 0.0135. The lowest BCUT2D eigenvalue weighted by molar-refractivity contribution is -0.190. The van der Waals surface area contributed by atoms with E-state index in [4.69, 9.17) is 14.2 Å². The molecule has 1 fully saturated rings. The number of para-hydroxylation sites is 1. The number of nitrogens with zero attached hydrogens (tertiary/aromatic N) is 1. The number of likely N-dealkylation sites (N-methyl/N-ethyl adjacent to an activating group) is 1. The van der Waals surface area contributed by atoms with Crippen LogP contribution in [0, 0.1) is 17.3 Å². The summed E-state index contributed by atoms with van der Waals surface area (Å²) < 4.78 is 16.9. The van der Waals surface area contributed by atoms with Gasteiger partial charge in [0.2, 0.25) is 5.91 Å². The quantitative estimate of drug-likeness (QED) is 0.220. The van der Waals surface area contributed by atoms with Crippen molar-refractivity contribution < 1.29 is 33.4 Å². The number of esters is 2. The molecule has 1 saturated carbocycles. The minimum Gasteiger partial charge on any atom is -0.461 e. The maximum absolute atomic E-state index is 13.9. The first-order valence-electron chi connectivity index (χ1n) is 15.6. The first kappa shape index (κ1) is 33.2. The average Bonchev–Trinajstić information content (AvgIpc) is 3.05. The predicted molar refractivity (Wildman–Crippen MR) is 169 cm³/mol. The SMILES string of the molecule is CCCC1(C(=O)NCc2ccc(Oc3ccccc3)cc2)CC(C(=O)OCC(=O)N(CC)CC)C1C(=O)OCc1ccccc1. The Balaban J connectivity index is 1.46. The second kappa shape index (κ2) is 15.9. The Morgan fingerprint density at radius 1 is 0.778 bits per heavy atom. The van der Waals surface area contributed by atoms with Gasteiger partial charge in [0.1, 0.15) is 18.1 Å². The maximum atomic E-state index is 13.9. The van der Waals surface area contributed by atoms with Crippen LogP contribution in [-0.4, -0.2) is 48.3 Å². The second-order valence-corrected chi connectivity index (χ2v) is 11.2. The van der Waals surface area contributed by atoms with Crippen molar-refractivity contribution in [2.75, 3.05) is 19.7 Å². The van der Waals surface area contributed by atoms with Crippen LogP contribution in [0.2, 0.25) is 0 Å². The molecule has 0 spiro atoms. The highest BCUT2D eigenvalue weighted by atomic mass is 16.5. The smallest absolute Gasteiger partial charge is 0.311 e. The van der Waals surface area contributed by atoms with Crippen molar-refractivity contribution in [1.82, 2.24) is 10.2 Å². The van der Waals surface area contributed by atoms with E-state index in [2.05, 4.69) is 5.32 Å². The number of benzene rings is 3. The lowest BCUT2D eigenvalue weighted by Crippen LogP contribution is -2.62. The summed E-state index contributed by atoms with van der Waals surface area (Å²) in [5.74, 6) is -2.49. The molecule has 1 N–H and O–H groups in total. The lowest BCUT2D eigenvalue weighted by atomic mass is 9.51. The van der Waals surface area contributed by atoms with Gasteiger partial charge in [-0.15, -0.1) is 0 Å². The maximum Gasteiger partial charge on any atom is 0.311 e. The molecule has 238 valence electrons. The summed E-state index contributed by atoms with van der Waals surface area (Å²) in [5.41, 5.74) is 0.494. The van der Waals surface area contributed by atoms with E-state index in [1.165, 1.54) is 0 Å². The van der Waals surface area contributed by atoms with Crippen molar-refractivity contribution >= 4 is 23.8 Å². The number of nitrogens with one attached hydrogen (secondary N) is 1. The molecule has 45 heavy (non-hydrogen) atoms. The molecule has 9 nitrogen and oxygen atoms in total. The Labute approximate surface area is 264 Å². The highest BCUT2D eigenvalue weighted by Crippen LogP contribution is 2.55. The van der Waals surface area contributed by atoms with Crippen LogP contribution in [0.5, 0.6) is 11.5 Å². The summed E-state index contributed by atoms with van der Waals surface area (Å²) >= 11 is 0. The van der Waals surface area contributed by atoms with E-state index in [1.807, 2.05) is 106 Å². The van der Waals surface area contributed by atoms with Gasteiger partial charge in [0.25, 0.3) is 5.91 Å². The molecule has 1 aliphatic carbocycles. The summed E-state index contributed by atoms with van der Waals surface area (Å²) in [5, 5.41) is 2.99. The van der Waals surface area contributed by atoms with Crippen molar-refractivity contribution in [1.29, 1.82) is 0 Å². The van der Waals surface area contributed by atoms with E-state index < -0.39 is 35.8 Å². The fourth-order valence-corrected chi connectivity index (χ4v) is 5.91. The van der Waals surface area contributed by atoms with E-state index in [0.717, 1.165) is 16.9 Å². The summed E-state index contributed by atoms with van der Waals surface area (Å²) in [6, 6.07) is 26.0. The van der Waals surface area contributed by atoms with Crippen LogP contribution in [0.15, 0.2) is 84.9 Å². The van der Waals surface area contributed by atoms with Gasteiger partial charge in [-0.3, -0.25) is 19.2 Å². The second-order valence-electron chi connectivity index (χ2n) is 11.2. The molecule has 0 bridgehead atoms. The molecule has 0 aromatic heterocycles. The third-order valence-corrected chi connectivity index (χ3v) is 8.32. The monoisotopic (exact) mass is 614 g/mol. The van der Waals surface area contributed by atoms with Gasteiger partial charge in [-0.25, -0.2) is 0 Å². The third-order valence-electron chi connectivity index (χ3n) is 8.32. The Morgan fingerprint density at radius 2 is 1.40 bits per heavy atom. The molecule has 2 amide bonds. The zero-order valence-electron chi connectivity index (χ0n) is 26.2. The van der Waals surface area contributed by atoms with Crippen molar-refractivity contribution in [2.24, 2.45) is 17.3 Å². The molecule has 0 heterocycles. The third kappa shape index (κ3) is 8.29. The molecule has 3 aromatic carbocycles. The van der Waals surface area contributed by atoms with E-state index >= 15 is 0 Å². The summed E-state index contributed by atoms with van der Waals surface area (Å²) in [7, 11) is 0. The number of ether oxygens (including phenoxy) is 3. The first-order chi connectivity index (χ1) is 21.8. The molecule has 9 heteroatoms. The highest BCUT2D eigenvalue weighted by Gasteiger charge is 2.64. The topological polar surface area (TPSA) is 111 Å². The van der Waals surface area contributed by atoms with E-state index in [0.29, 0.717) is 31.7 Å². The number of carbonyl (C=O) groups excluding carboxylic acids is 4. The van der Waals surface area contributed by atoms with Crippen molar-refractivity contribution in [3.8, 4) is 11.5 Å². The van der Waals surface area contributed by atoms with E-state index in [1.54, 1.807) is 4.90 Å². The molecule has 3 atom stereocenters. The molecule has 0 aliphatic heterocycles. The minimum atomic E-state index is -1.15. The largest absolute Gasteiger partial charge is 0.461 e. The van der Waals surface area contributed by atoms with Gasteiger partial charge in [-0.05, 0) is 62.1 Å². The van der Waals surface area contributed by atoms with Crippen LogP contribution < -0.4 is 10.1 Å². The molecular formula is C36H42N2O7. The number of hydrogen-bond acceptors (Lipinski definition) is 7. The van der Waals surface area contributed by atoms with Gasteiger partial charge in [0, 0.05) is 19.6 Å². The van der Waals surface area contributed by atoms with Crippen LogP contribution in [0.3, 0.4) is 0 Å². The normalized spacial score (nSPS) is 18.6. The van der Waals surface area contributed by atoms with Crippen molar-refractivity contribution in [3.05, 3.63) is 96.1 Å². The average molecular weight is 615 g/mol. The van der Waals surface area contributed by atoms with Crippen LogP contribution >= 0.6 is 0 Å². The Kier molecular flexibility index (Phi) is 11.7. The standard InChI is InChI=1S/C36H42N2O7/c1-4-21-36(35(42)37-23-26-17-19-29(20-18-26)45-28-15-11-8-12-16-28)22-30(33(40)44-25-31(39)38(5-2)6-3)32(36)34(41)43-24-27-13-9-7-10-14-27/h7-20,30,32H,4-6,21-25H2,1-3H3,(H,37,42). The Morgan fingerprint density at radius 3 is 2.02 bits per heavy atom. The lowest BCUT2D eigenvalue weighted by Gasteiger charge is -2.51. The van der Waals surface area contributed by atoms with Crippen molar-refractivity contribution in [3.63, 3.8) is 0 Å². The Hall–Kier alpha value is -4.66. The highest BCUT2D eigenvalue weighted by molar-refractivity contribution is 5.96. The van der Waals surface area contributed by atoms with Gasteiger partial charge in [-0.1, -0.05) is 74.0 Å². The van der Waals surface area contributed by atoms with E-state index in [9.17, 15) is 19.2 Å². The van der Waals surface area contributed by atoms with Gasteiger partial charge in [0.05, 0.1) is 17.3 Å². The van der Waals surface area contributed by atoms with Gasteiger partial charge >= 0.3 is 11.9 Å². The van der Waals surface area contributed by atoms with Crippen LogP contribution in [-0.2, 0) is 41.8 Å². The number of hydrogen-bond donors (Lipinski definition) is 1. The molecule has 0 saturated heterocycles. The molecule has 0 radical (unpaired) electrons. The molecule has 4 rings (SSSR count). The van der Waals surface area contributed by atoms with Gasteiger partial charge in [-0.2, -0.15) is 0 Å². The zero-order valence-corrected chi connectivity index (χ0v) is 26.2. The van der Waals surface area contributed by atoms with Gasteiger partial charge in [0.15, 0.2) is 6.61 Å². The van der Waals surface area contributed by atoms with Crippen LogP contribution in [0.1, 0.15) is 51.2 Å². The first-order valence-corrected chi connectivity index (χ1v) is 15.6. The fourth-order valence-electron chi connectivity index (χ4n) is 5.91. The summed E-state index contributed by atoms with van der Waals surface area (Å²) in [6.07, 6.45) is 1.12. The zero-order chi connectivity index (χ0) is 32.2. The Bertz CT molecular complexity index is 1420.